The highest BCUT2D eigenvalue weighted by Crippen LogP contribution is 2.13. The number of aryl methyl sites for hydroxylation is 1. The molecule has 0 aliphatic rings. The molecule has 0 aliphatic carbocycles. The Kier molecular flexibility index (Phi) is 2.19. The van der Waals surface area contributed by atoms with E-state index in [0.29, 0.717) is 0 Å². The summed E-state index contributed by atoms with van der Waals surface area (Å²) < 4.78 is 0. The lowest BCUT2D eigenvalue weighted by molar-refractivity contribution is -0.389. The molecule has 12 heavy (non-hydrogen) atoms. The van der Waals surface area contributed by atoms with Crippen molar-refractivity contribution in [2.75, 3.05) is 0 Å². The van der Waals surface area contributed by atoms with Crippen LogP contribution in [0.2, 0.25) is 0 Å². The summed E-state index contributed by atoms with van der Waals surface area (Å²) in [6, 6.07) is 1.43. The third-order valence-corrected chi connectivity index (χ3v) is 1.54. The highest BCUT2D eigenvalue weighted by atomic mass is 16.6. The van der Waals surface area contributed by atoms with Crippen LogP contribution in [0.4, 0.5) is 5.82 Å². The summed E-state index contributed by atoms with van der Waals surface area (Å²) in [6.45, 7) is 5.34. The second-order valence-corrected chi connectivity index (χ2v) is 2.36. The summed E-state index contributed by atoms with van der Waals surface area (Å²) in [5, 5.41) is 10.3. The van der Waals surface area contributed by atoms with Crippen molar-refractivity contribution < 1.29 is 4.92 Å². The maximum absolute atomic E-state index is 10.3. The first kappa shape index (κ1) is 8.39. The lowest BCUT2D eigenvalue weighted by atomic mass is 10.1. The summed E-state index contributed by atoms with van der Waals surface area (Å²) in [5.41, 5.74) is 1.63. The van der Waals surface area contributed by atoms with Crippen molar-refractivity contribution in [2.45, 2.75) is 6.92 Å². The lowest BCUT2D eigenvalue weighted by Gasteiger charge is -1.96. The van der Waals surface area contributed by atoms with Crippen molar-refractivity contribution in [2.24, 2.45) is 0 Å². The van der Waals surface area contributed by atoms with E-state index in [1.807, 2.05) is 0 Å². The quantitative estimate of drug-likeness (QED) is 0.495. The van der Waals surface area contributed by atoms with Gasteiger partial charge in [0.15, 0.2) is 0 Å². The number of hydrogen-bond donors (Lipinski definition) is 0. The van der Waals surface area contributed by atoms with E-state index in [-0.39, 0.29) is 5.82 Å². The van der Waals surface area contributed by atoms with E-state index in [1.165, 1.54) is 12.3 Å². The third-order valence-electron chi connectivity index (χ3n) is 1.54. The maximum Gasteiger partial charge on any atom is 0.363 e. The van der Waals surface area contributed by atoms with Crippen LogP contribution in [0.25, 0.3) is 6.08 Å². The van der Waals surface area contributed by atoms with Crippen molar-refractivity contribution in [1.29, 1.82) is 0 Å². The molecule has 0 N–H and O–H groups in total. The Labute approximate surface area is 69.7 Å². The van der Waals surface area contributed by atoms with E-state index < -0.39 is 4.92 Å². The fourth-order valence-electron chi connectivity index (χ4n) is 0.865. The minimum absolute atomic E-state index is 0.127. The van der Waals surface area contributed by atoms with Gasteiger partial charge in [0.25, 0.3) is 0 Å². The summed E-state index contributed by atoms with van der Waals surface area (Å²) in [4.78, 5) is 13.4. The highest BCUT2D eigenvalue weighted by Gasteiger charge is 2.07. The Bertz CT molecular complexity index is 334. The fourth-order valence-corrected chi connectivity index (χ4v) is 0.865. The van der Waals surface area contributed by atoms with Crippen LogP contribution in [0.1, 0.15) is 11.1 Å². The van der Waals surface area contributed by atoms with E-state index in [0.717, 1.165) is 11.1 Å². The van der Waals surface area contributed by atoms with E-state index in [2.05, 4.69) is 11.6 Å². The standard InChI is InChI=1S/C8H8N2O2/c1-3-7-5-9-8(10(11)12)4-6(7)2/h3-5H,1H2,2H3. The fraction of sp³-hybridized carbons (Fsp3) is 0.125. The molecule has 0 aromatic carbocycles. The molecule has 1 aromatic heterocycles. The van der Waals surface area contributed by atoms with Gasteiger partial charge in [-0.3, -0.25) is 0 Å². The Morgan fingerprint density at radius 3 is 2.83 bits per heavy atom. The summed E-state index contributed by atoms with van der Waals surface area (Å²) in [5.74, 6) is -0.127. The molecule has 4 nitrogen and oxygen atoms in total. The average molecular weight is 164 g/mol. The number of pyridine rings is 1. The molecule has 0 spiro atoms. The van der Waals surface area contributed by atoms with Crippen LogP contribution in [-0.2, 0) is 0 Å². The lowest BCUT2D eigenvalue weighted by Crippen LogP contribution is -1.93. The van der Waals surface area contributed by atoms with Crippen LogP contribution in [0, 0.1) is 17.0 Å². The largest absolute Gasteiger partial charge is 0.363 e. The van der Waals surface area contributed by atoms with Gasteiger partial charge in [-0.1, -0.05) is 12.7 Å². The predicted octanol–water partition coefficient (Wildman–Crippen LogP) is 1.94. The van der Waals surface area contributed by atoms with Gasteiger partial charge >= 0.3 is 5.82 Å². The first-order chi connectivity index (χ1) is 5.65. The van der Waals surface area contributed by atoms with Gasteiger partial charge in [0, 0.05) is 11.6 Å². The van der Waals surface area contributed by atoms with Crippen LogP contribution in [0.5, 0.6) is 0 Å². The van der Waals surface area contributed by atoms with Crippen LogP contribution in [-0.4, -0.2) is 9.91 Å². The second-order valence-electron chi connectivity index (χ2n) is 2.36. The number of nitrogens with zero attached hydrogens (tertiary/aromatic N) is 2. The Hall–Kier alpha value is -1.71. The van der Waals surface area contributed by atoms with Gasteiger partial charge in [-0.25, -0.2) is 0 Å². The normalized spacial score (nSPS) is 9.42. The molecule has 0 saturated carbocycles. The Morgan fingerprint density at radius 1 is 1.75 bits per heavy atom. The van der Waals surface area contributed by atoms with Gasteiger partial charge in [0.1, 0.15) is 6.20 Å². The summed E-state index contributed by atoms with van der Waals surface area (Å²) in [7, 11) is 0. The zero-order valence-electron chi connectivity index (χ0n) is 6.65. The molecular weight excluding hydrogens is 156 g/mol. The molecular formula is C8H8N2O2. The molecule has 0 aliphatic heterocycles. The van der Waals surface area contributed by atoms with Crippen molar-refractivity contribution in [3.05, 3.63) is 40.1 Å². The molecule has 1 heterocycles. The van der Waals surface area contributed by atoms with Crippen molar-refractivity contribution in [3.63, 3.8) is 0 Å². The van der Waals surface area contributed by atoms with Gasteiger partial charge in [0.05, 0.1) is 0 Å². The molecule has 4 heteroatoms. The Morgan fingerprint density at radius 2 is 2.42 bits per heavy atom. The SMILES string of the molecule is C=Cc1cnc([N+](=O)[O-])cc1C. The Balaban J connectivity index is 3.18. The monoisotopic (exact) mass is 164 g/mol. The number of rotatable bonds is 2. The molecule has 0 fully saturated rings. The number of nitro groups is 1. The number of aromatic nitrogens is 1. The number of hydrogen-bond acceptors (Lipinski definition) is 3. The van der Waals surface area contributed by atoms with E-state index in [1.54, 1.807) is 13.0 Å². The first-order valence-electron chi connectivity index (χ1n) is 3.38. The first-order valence-corrected chi connectivity index (χ1v) is 3.38. The van der Waals surface area contributed by atoms with Crippen molar-refractivity contribution >= 4 is 11.9 Å². The van der Waals surface area contributed by atoms with Gasteiger partial charge in [-0.15, -0.1) is 0 Å². The maximum atomic E-state index is 10.3. The molecule has 0 atom stereocenters. The molecule has 0 unspecified atom stereocenters. The van der Waals surface area contributed by atoms with Crippen LogP contribution >= 0.6 is 0 Å². The van der Waals surface area contributed by atoms with E-state index >= 15 is 0 Å². The highest BCUT2D eigenvalue weighted by molar-refractivity contribution is 5.51. The molecule has 1 rings (SSSR count). The summed E-state index contributed by atoms with van der Waals surface area (Å²) in [6.07, 6.45) is 3.06. The summed E-state index contributed by atoms with van der Waals surface area (Å²) >= 11 is 0. The van der Waals surface area contributed by atoms with Gasteiger partial charge in [-0.2, -0.15) is 0 Å². The second kappa shape index (κ2) is 3.13. The van der Waals surface area contributed by atoms with E-state index in [9.17, 15) is 10.1 Å². The minimum Gasteiger partial charge on any atom is -0.358 e. The van der Waals surface area contributed by atoms with Gasteiger partial charge < -0.3 is 10.1 Å². The van der Waals surface area contributed by atoms with E-state index in [4.69, 9.17) is 0 Å². The molecule has 0 bridgehead atoms. The van der Waals surface area contributed by atoms with Gasteiger partial charge in [0.2, 0.25) is 0 Å². The molecule has 62 valence electrons. The topological polar surface area (TPSA) is 56.0 Å². The van der Waals surface area contributed by atoms with Crippen LogP contribution < -0.4 is 0 Å². The zero-order chi connectivity index (χ0) is 9.14. The average Bonchev–Trinajstić information content (AvgIpc) is 2.04. The van der Waals surface area contributed by atoms with Gasteiger partial charge in [-0.05, 0) is 22.4 Å². The van der Waals surface area contributed by atoms with Crippen LogP contribution in [0.3, 0.4) is 0 Å². The molecule has 0 radical (unpaired) electrons. The van der Waals surface area contributed by atoms with Crippen molar-refractivity contribution in [1.82, 2.24) is 4.98 Å². The molecule has 0 saturated heterocycles. The van der Waals surface area contributed by atoms with Crippen molar-refractivity contribution in [3.8, 4) is 0 Å². The predicted molar refractivity (Wildman–Crippen MR) is 45.7 cm³/mol. The zero-order valence-corrected chi connectivity index (χ0v) is 6.65. The smallest absolute Gasteiger partial charge is 0.358 e. The third kappa shape index (κ3) is 1.47. The minimum atomic E-state index is -0.514. The molecule has 1 aromatic rings. The molecule has 0 amide bonds. The van der Waals surface area contributed by atoms with Crippen LogP contribution in [0.15, 0.2) is 18.8 Å².